The van der Waals surface area contributed by atoms with Gasteiger partial charge in [-0.15, -0.1) is 0 Å². The topological polar surface area (TPSA) is 47.6 Å². The molecule has 5 aromatic carbocycles. The maximum absolute atomic E-state index is 10.7. The zero-order valence-corrected chi connectivity index (χ0v) is 20.4. The van der Waals surface area contributed by atoms with E-state index in [0.29, 0.717) is 0 Å². The highest BCUT2D eigenvalue weighted by molar-refractivity contribution is 5.57. The lowest BCUT2D eigenvalue weighted by Crippen LogP contribution is -2.36. The Bertz CT molecular complexity index is 1470. The van der Waals surface area contributed by atoms with Crippen LogP contribution in [0.25, 0.3) is 0 Å². The zero-order chi connectivity index (χ0) is 25.5. The highest BCUT2D eigenvalue weighted by Gasteiger charge is 2.45. The molecule has 0 unspecified atom stereocenters. The molecule has 0 aliphatic carbocycles. The molecule has 37 heavy (non-hydrogen) atoms. The van der Waals surface area contributed by atoms with E-state index < -0.39 is 11.3 Å². The van der Waals surface area contributed by atoms with E-state index in [1.54, 1.807) is 0 Å². The number of benzene rings is 5. The molecule has 0 N–H and O–H groups in total. The van der Waals surface area contributed by atoms with Crippen molar-refractivity contribution >= 4 is 0 Å². The van der Waals surface area contributed by atoms with Crippen molar-refractivity contribution < 1.29 is 0 Å². The van der Waals surface area contributed by atoms with Crippen molar-refractivity contribution in [2.75, 3.05) is 0 Å². The van der Waals surface area contributed by atoms with Gasteiger partial charge in [-0.25, -0.2) is 0 Å². The van der Waals surface area contributed by atoms with Crippen LogP contribution >= 0.6 is 0 Å². The third-order valence-electron chi connectivity index (χ3n) is 7.11. The van der Waals surface area contributed by atoms with Crippen molar-refractivity contribution in [2.24, 2.45) is 0 Å². The smallest absolute Gasteiger partial charge is 0.0962 e. The van der Waals surface area contributed by atoms with Crippen LogP contribution in [0.4, 0.5) is 0 Å². The first-order valence-corrected chi connectivity index (χ1v) is 12.4. The quantitative estimate of drug-likeness (QED) is 0.224. The number of rotatable bonds is 7. The number of hydrogen-bond acceptors (Lipinski definition) is 2. The second kappa shape index (κ2) is 10.8. The lowest BCUT2D eigenvalue weighted by molar-refractivity contribution is 0.558. The van der Waals surface area contributed by atoms with Gasteiger partial charge in [0.1, 0.15) is 0 Å². The van der Waals surface area contributed by atoms with Crippen LogP contribution in [0, 0.1) is 22.7 Å². The predicted molar refractivity (Wildman–Crippen MR) is 148 cm³/mol. The van der Waals surface area contributed by atoms with E-state index in [1.165, 1.54) is 0 Å². The van der Waals surface area contributed by atoms with Gasteiger partial charge < -0.3 is 0 Å². The fourth-order valence-electron chi connectivity index (χ4n) is 5.39. The number of nitrogens with zero attached hydrogens (tertiary/aromatic N) is 2. The molecule has 0 radical (unpaired) electrons. The Balaban J connectivity index is 1.76. The van der Waals surface area contributed by atoms with E-state index in [2.05, 4.69) is 48.5 Å². The monoisotopic (exact) mass is 474 g/mol. The molecular weight excluding hydrogens is 448 g/mol. The molecule has 2 nitrogen and oxygen atoms in total. The molecular formula is C35H26N2. The molecule has 0 saturated carbocycles. The van der Waals surface area contributed by atoms with Gasteiger partial charge in [0.2, 0.25) is 0 Å². The first-order chi connectivity index (χ1) is 18.3. The second-order valence-electron chi connectivity index (χ2n) is 9.11. The Morgan fingerprint density at radius 2 is 0.784 bits per heavy atom. The molecule has 0 bridgehead atoms. The molecule has 5 rings (SSSR count). The van der Waals surface area contributed by atoms with E-state index in [1.807, 2.05) is 109 Å². The standard InChI is InChI=1S/C35H26N2/c36-25-33(27-13-5-1-6-14-27)28-21-23-32(24-22-28)35(30-17-9-3-10-18-30,31-19-11-4-12-20-31)34(26-37)29-15-7-2-8-16-29/h1-24,33-34H/t33-,34-/m1/s1. The molecule has 0 spiro atoms. The van der Waals surface area contributed by atoms with Gasteiger partial charge in [0.15, 0.2) is 0 Å². The van der Waals surface area contributed by atoms with Crippen LogP contribution in [0.2, 0.25) is 0 Å². The first kappa shape index (κ1) is 23.8. The van der Waals surface area contributed by atoms with Crippen LogP contribution in [-0.2, 0) is 5.41 Å². The second-order valence-corrected chi connectivity index (χ2v) is 9.11. The molecule has 0 aromatic heterocycles. The minimum absolute atomic E-state index is 0.362. The van der Waals surface area contributed by atoms with Crippen molar-refractivity contribution in [2.45, 2.75) is 17.3 Å². The summed E-state index contributed by atoms with van der Waals surface area (Å²) in [4.78, 5) is 0. The van der Waals surface area contributed by atoms with Crippen LogP contribution < -0.4 is 0 Å². The average molecular weight is 475 g/mol. The van der Waals surface area contributed by atoms with Gasteiger partial charge in [0.05, 0.1) is 29.4 Å². The van der Waals surface area contributed by atoms with E-state index in [4.69, 9.17) is 0 Å². The van der Waals surface area contributed by atoms with Crippen LogP contribution in [0.5, 0.6) is 0 Å². The summed E-state index contributed by atoms with van der Waals surface area (Å²) < 4.78 is 0. The summed E-state index contributed by atoms with van der Waals surface area (Å²) in [7, 11) is 0. The van der Waals surface area contributed by atoms with Crippen LogP contribution in [0.3, 0.4) is 0 Å². The van der Waals surface area contributed by atoms with Crippen molar-refractivity contribution in [3.05, 3.63) is 179 Å². The predicted octanol–water partition coefficient (Wildman–Crippen LogP) is 7.98. The molecule has 0 amide bonds. The Morgan fingerprint density at radius 1 is 0.405 bits per heavy atom. The lowest BCUT2D eigenvalue weighted by Gasteiger charge is -2.40. The van der Waals surface area contributed by atoms with Crippen molar-refractivity contribution in [3.8, 4) is 12.1 Å². The van der Waals surface area contributed by atoms with Crippen LogP contribution in [0.15, 0.2) is 146 Å². The Kier molecular flexibility index (Phi) is 6.93. The zero-order valence-electron chi connectivity index (χ0n) is 20.4. The van der Waals surface area contributed by atoms with Gasteiger partial charge in [0.25, 0.3) is 0 Å². The molecule has 2 heteroatoms. The van der Waals surface area contributed by atoms with Crippen LogP contribution in [-0.4, -0.2) is 0 Å². The Hall–Kier alpha value is -4.92. The maximum atomic E-state index is 10.7. The fourth-order valence-corrected chi connectivity index (χ4v) is 5.39. The van der Waals surface area contributed by atoms with Gasteiger partial charge >= 0.3 is 0 Å². The highest BCUT2D eigenvalue weighted by atomic mass is 14.5. The van der Waals surface area contributed by atoms with E-state index in [-0.39, 0.29) is 5.92 Å². The number of nitriles is 2. The van der Waals surface area contributed by atoms with Gasteiger partial charge in [0, 0.05) is 0 Å². The third kappa shape index (κ3) is 4.42. The summed E-state index contributed by atoms with van der Waals surface area (Å²) in [5, 5.41) is 20.7. The summed E-state index contributed by atoms with van der Waals surface area (Å²) in [5.74, 6) is -0.843. The van der Waals surface area contributed by atoms with Crippen LogP contribution in [0.1, 0.15) is 45.2 Å². The van der Waals surface area contributed by atoms with Crippen molar-refractivity contribution in [1.29, 1.82) is 10.5 Å². The Labute approximate surface area is 218 Å². The third-order valence-corrected chi connectivity index (χ3v) is 7.11. The van der Waals surface area contributed by atoms with Crippen molar-refractivity contribution in [1.82, 2.24) is 0 Å². The van der Waals surface area contributed by atoms with Gasteiger partial charge in [-0.2, -0.15) is 10.5 Å². The van der Waals surface area contributed by atoms with E-state index >= 15 is 0 Å². The summed E-state index contributed by atoms with van der Waals surface area (Å²) in [6.07, 6.45) is 0. The van der Waals surface area contributed by atoms with Crippen molar-refractivity contribution in [3.63, 3.8) is 0 Å². The summed E-state index contributed by atoms with van der Waals surface area (Å²) in [6.45, 7) is 0. The van der Waals surface area contributed by atoms with E-state index in [9.17, 15) is 10.5 Å². The molecule has 0 aliphatic rings. The average Bonchev–Trinajstić information content (AvgIpc) is 2.99. The largest absolute Gasteiger partial charge is 0.198 e. The number of hydrogen-bond donors (Lipinski definition) is 0. The summed E-state index contributed by atoms with van der Waals surface area (Å²) in [5.41, 5.74) is 5.20. The maximum Gasteiger partial charge on any atom is 0.0962 e. The van der Waals surface area contributed by atoms with Gasteiger partial charge in [-0.05, 0) is 33.4 Å². The van der Waals surface area contributed by atoms with Gasteiger partial charge in [-0.1, -0.05) is 146 Å². The molecule has 5 aromatic rings. The SMILES string of the molecule is N#C[C@H](c1ccccc1)c1ccc(C(c2ccccc2)(c2ccccc2)[C@H](C#N)c2ccccc2)cc1. The summed E-state index contributed by atoms with van der Waals surface area (Å²) >= 11 is 0. The fraction of sp³-hybridized carbons (Fsp3) is 0.0857. The minimum atomic E-state index is -0.758. The minimum Gasteiger partial charge on any atom is -0.198 e. The lowest BCUT2D eigenvalue weighted by atomic mass is 9.60. The first-order valence-electron chi connectivity index (χ1n) is 12.4. The Morgan fingerprint density at radius 3 is 1.22 bits per heavy atom. The molecule has 0 saturated heterocycles. The van der Waals surface area contributed by atoms with E-state index in [0.717, 1.165) is 33.4 Å². The molecule has 0 aliphatic heterocycles. The summed E-state index contributed by atoms with van der Waals surface area (Å²) in [6, 6.07) is 53.8. The molecule has 0 heterocycles. The molecule has 2 atom stereocenters. The normalized spacial score (nSPS) is 12.6. The highest BCUT2D eigenvalue weighted by Crippen LogP contribution is 2.49. The van der Waals surface area contributed by atoms with Gasteiger partial charge in [-0.3, -0.25) is 0 Å². The molecule has 0 fully saturated rings. The molecule has 176 valence electrons.